The van der Waals surface area contributed by atoms with Crippen LogP contribution in [0, 0.1) is 5.92 Å². The van der Waals surface area contributed by atoms with Crippen LogP contribution in [0.2, 0.25) is 0 Å². The molecule has 0 fully saturated rings. The summed E-state index contributed by atoms with van der Waals surface area (Å²) in [5.74, 6) is 7.22. The molecule has 0 bridgehead atoms. The number of nitrogens with one attached hydrogen (secondary N) is 1. The first-order valence-corrected chi connectivity index (χ1v) is 5.44. The van der Waals surface area contributed by atoms with E-state index < -0.39 is 0 Å². The van der Waals surface area contributed by atoms with Gasteiger partial charge in [0.05, 0.1) is 0 Å². The molecule has 0 saturated heterocycles. The Kier molecular flexibility index (Phi) is 4.64. The molecule has 16 heavy (non-hydrogen) atoms. The van der Waals surface area contributed by atoms with E-state index in [1.807, 2.05) is 13.0 Å². The molecule has 1 aromatic rings. The topological polar surface area (TPSA) is 73.1 Å². The largest absolute Gasteiger partial charge is 0.374 e. The van der Waals surface area contributed by atoms with Crippen molar-refractivity contribution in [3.63, 3.8) is 0 Å². The Bertz CT molecular complexity index is 341. The summed E-state index contributed by atoms with van der Waals surface area (Å²) in [5, 5.41) is 0. The maximum Gasteiger partial charge on any atom is 0.159 e. The Labute approximate surface area is 96.4 Å². The third-order valence-corrected chi connectivity index (χ3v) is 2.28. The standard InChI is InChI=1S/C11H20N4O/c1-7(2)5-9-6-10(15-12)14-11(13-9)8(3)16-4/h6-8H,5,12H2,1-4H3,(H,13,14,15). The number of hydrazine groups is 1. The molecule has 1 rings (SSSR count). The monoisotopic (exact) mass is 224 g/mol. The van der Waals surface area contributed by atoms with Gasteiger partial charge in [-0.1, -0.05) is 13.8 Å². The molecule has 0 saturated carbocycles. The lowest BCUT2D eigenvalue weighted by atomic mass is 10.1. The number of nitrogens with zero attached hydrogens (tertiary/aromatic N) is 2. The van der Waals surface area contributed by atoms with Crippen LogP contribution in [0.25, 0.3) is 0 Å². The smallest absolute Gasteiger partial charge is 0.159 e. The number of nitrogen functional groups attached to an aromatic ring is 1. The van der Waals surface area contributed by atoms with Gasteiger partial charge in [0.2, 0.25) is 0 Å². The molecule has 0 spiro atoms. The first kappa shape index (κ1) is 12.9. The number of anilines is 1. The summed E-state index contributed by atoms with van der Waals surface area (Å²) in [6.07, 6.45) is 0.778. The molecule has 1 aromatic heterocycles. The highest BCUT2D eigenvalue weighted by molar-refractivity contribution is 5.34. The molecular weight excluding hydrogens is 204 g/mol. The van der Waals surface area contributed by atoms with Gasteiger partial charge in [0.25, 0.3) is 0 Å². The second kappa shape index (κ2) is 5.77. The third-order valence-electron chi connectivity index (χ3n) is 2.28. The van der Waals surface area contributed by atoms with Gasteiger partial charge in [-0.25, -0.2) is 15.8 Å². The first-order chi connectivity index (χ1) is 7.56. The van der Waals surface area contributed by atoms with Crippen LogP contribution in [0.15, 0.2) is 6.07 Å². The number of ether oxygens (including phenoxy) is 1. The van der Waals surface area contributed by atoms with Gasteiger partial charge in [-0.2, -0.15) is 0 Å². The molecule has 1 heterocycles. The Morgan fingerprint density at radius 3 is 2.56 bits per heavy atom. The fourth-order valence-electron chi connectivity index (χ4n) is 1.40. The number of methoxy groups -OCH3 is 1. The lowest BCUT2D eigenvalue weighted by molar-refractivity contribution is 0.112. The molecule has 0 aromatic carbocycles. The van der Waals surface area contributed by atoms with E-state index in [1.165, 1.54) is 0 Å². The molecule has 1 atom stereocenters. The molecule has 0 radical (unpaired) electrons. The number of aromatic nitrogens is 2. The quantitative estimate of drug-likeness (QED) is 0.588. The number of hydrogen-bond acceptors (Lipinski definition) is 5. The molecular formula is C11H20N4O. The zero-order chi connectivity index (χ0) is 12.1. The van der Waals surface area contributed by atoms with Gasteiger partial charge in [0.15, 0.2) is 5.82 Å². The summed E-state index contributed by atoms with van der Waals surface area (Å²) in [6, 6.07) is 1.87. The summed E-state index contributed by atoms with van der Waals surface area (Å²) in [5.41, 5.74) is 3.54. The summed E-state index contributed by atoms with van der Waals surface area (Å²) in [4.78, 5) is 8.72. The van der Waals surface area contributed by atoms with Crippen molar-refractivity contribution in [2.45, 2.75) is 33.3 Å². The summed E-state index contributed by atoms with van der Waals surface area (Å²) >= 11 is 0. The molecule has 0 aliphatic heterocycles. The minimum atomic E-state index is -0.126. The van der Waals surface area contributed by atoms with Crippen LogP contribution >= 0.6 is 0 Å². The number of hydrogen-bond donors (Lipinski definition) is 2. The molecule has 1 unspecified atom stereocenters. The van der Waals surface area contributed by atoms with Crippen molar-refractivity contribution in [1.82, 2.24) is 9.97 Å². The summed E-state index contributed by atoms with van der Waals surface area (Å²) < 4.78 is 5.20. The highest BCUT2D eigenvalue weighted by atomic mass is 16.5. The SMILES string of the molecule is COC(C)c1nc(CC(C)C)cc(NN)n1. The van der Waals surface area contributed by atoms with Crippen molar-refractivity contribution < 1.29 is 4.74 Å². The number of nitrogens with two attached hydrogens (primary N) is 1. The molecule has 90 valence electrons. The number of rotatable bonds is 5. The van der Waals surface area contributed by atoms with E-state index in [1.54, 1.807) is 7.11 Å². The molecule has 0 aliphatic rings. The highest BCUT2D eigenvalue weighted by Crippen LogP contribution is 2.16. The minimum absolute atomic E-state index is 0.126. The van der Waals surface area contributed by atoms with E-state index in [0.29, 0.717) is 17.6 Å². The third kappa shape index (κ3) is 3.43. The van der Waals surface area contributed by atoms with Crippen LogP contribution in [0.4, 0.5) is 5.82 Å². The van der Waals surface area contributed by atoms with Gasteiger partial charge >= 0.3 is 0 Å². The van der Waals surface area contributed by atoms with Crippen molar-refractivity contribution in [2.75, 3.05) is 12.5 Å². The molecule has 5 heteroatoms. The van der Waals surface area contributed by atoms with Gasteiger partial charge < -0.3 is 10.2 Å². The summed E-state index contributed by atoms with van der Waals surface area (Å²) in [7, 11) is 1.64. The Morgan fingerprint density at radius 1 is 1.38 bits per heavy atom. The second-order valence-corrected chi connectivity index (χ2v) is 4.22. The van der Waals surface area contributed by atoms with Gasteiger partial charge in [-0.3, -0.25) is 0 Å². The first-order valence-electron chi connectivity index (χ1n) is 5.44. The maximum atomic E-state index is 5.38. The van der Waals surface area contributed by atoms with Crippen molar-refractivity contribution in [3.05, 3.63) is 17.6 Å². The maximum absolute atomic E-state index is 5.38. The van der Waals surface area contributed by atoms with Crippen LogP contribution in [-0.4, -0.2) is 17.1 Å². The van der Waals surface area contributed by atoms with Crippen LogP contribution in [0.3, 0.4) is 0 Å². The zero-order valence-electron chi connectivity index (χ0n) is 10.3. The van der Waals surface area contributed by atoms with E-state index in [2.05, 4.69) is 29.2 Å². The molecule has 0 aliphatic carbocycles. The van der Waals surface area contributed by atoms with Gasteiger partial charge in [-0.05, 0) is 19.3 Å². The Balaban J connectivity index is 3.00. The van der Waals surface area contributed by atoms with E-state index in [4.69, 9.17) is 10.6 Å². The second-order valence-electron chi connectivity index (χ2n) is 4.22. The molecule has 5 nitrogen and oxygen atoms in total. The van der Waals surface area contributed by atoms with Crippen molar-refractivity contribution in [1.29, 1.82) is 0 Å². The molecule has 3 N–H and O–H groups in total. The average Bonchev–Trinajstić information content (AvgIpc) is 2.26. The lowest BCUT2D eigenvalue weighted by Crippen LogP contribution is -2.14. The van der Waals surface area contributed by atoms with Crippen LogP contribution in [-0.2, 0) is 11.2 Å². The Morgan fingerprint density at radius 2 is 2.06 bits per heavy atom. The van der Waals surface area contributed by atoms with E-state index in [0.717, 1.165) is 12.1 Å². The van der Waals surface area contributed by atoms with Crippen LogP contribution in [0.5, 0.6) is 0 Å². The Hall–Kier alpha value is -1.20. The van der Waals surface area contributed by atoms with Gasteiger partial charge in [0.1, 0.15) is 11.9 Å². The van der Waals surface area contributed by atoms with Crippen molar-refractivity contribution in [3.8, 4) is 0 Å². The van der Waals surface area contributed by atoms with Gasteiger partial charge in [0, 0.05) is 18.9 Å². The molecule has 0 amide bonds. The predicted molar refractivity (Wildman–Crippen MR) is 63.8 cm³/mol. The van der Waals surface area contributed by atoms with E-state index in [-0.39, 0.29) is 6.10 Å². The minimum Gasteiger partial charge on any atom is -0.374 e. The fourth-order valence-corrected chi connectivity index (χ4v) is 1.40. The van der Waals surface area contributed by atoms with Crippen LogP contribution < -0.4 is 11.3 Å². The lowest BCUT2D eigenvalue weighted by Gasteiger charge is -2.12. The predicted octanol–water partition coefficient (Wildman–Crippen LogP) is 1.67. The normalized spacial score (nSPS) is 12.9. The van der Waals surface area contributed by atoms with Crippen molar-refractivity contribution >= 4 is 5.82 Å². The zero-order valence-corrected chi connectivity index (χ0v) is 10.3. The van der Waals surface area contributed by atoms with Crippen LogP contribution in [0.1, 0.15) is 38.4 Å². The van der Waals surface area contributed by atoms with E-state index in [9.17, 15) is 0 Å². The van der Waals surface area contributed by atoms with Crippen molar-refractivity contribution in [2.24, 2.45) is 11.8 Å². The average molecular weight is 224 g/mol. The summed E-state index contributed by atoms with van der Waals surface area (Å²) in [6.45, 7) is 6.21. The van der Waals surface area contributed by atoms with Gasteiger partial charge in [-0.15, -0.1) is 0 Å². The van der Waals surface area contributed by atoms with E-state index >= 15 is 0 Å². The fraction of sp³-hybridized carbons (Fsp3) is 0.636. The highest BCUT2D eigenvalue weighted by Gasteiger charge is 2.11.